The van der Waals surface area contributed by atoms with E-state index in [0.29, 0.717) is 5.69 Å². The van der Waals surface area contributed by atoms with E-state index in [-0.39, 0.29) is 6.61 Å². The molecule has 0 unspecified atom stereocenters. The van der Waals surface area contributed by atoms with Crippen LogP contribution >= 0.6 is 11.8 Å². The van der Waals surface area contributed by atoms with Crippen molar-refractivity contribution >= 4 is 28.6 Å². The first-order chi connectivity index (χ1) is 10.5. The molecule has 0 bridgehead atoms. The lowest BCUT2D eigenvalue weighted by Gasteiger charge is -2.06. The minimum atomic E-state index is -0.446. The van der Waals surface area contributed by atoms with E-state index >= 15 is 0 Å². The maximum Gasteiger partial charge on any atom is 0.265 e. The van der Waals surface area contributed by atoms with Gasteiger partial charge in [0.05, 0.1) is 18.3 Å². The lowest BCUT2D eigenvalue weighted by Crippen LogP contribution is -2.15. The molecule has 6 nitrogen and oxygen atoms in total. The molecule has 0 aliphatic rings. The van der Waals surface area contributed by atoms with Crippen LogP contribution in [0, 0.1) is 6.92 Å². The number of fused-ring (bicyclic) bond motifs is 1. The summed E-state index contributed by atoms with van der Waals surface area (Å²) in [6, 6.07) is 5.71. The van der Waals surface area contributed by atoms with Crippen LogP contribution in [0.15, 0.2) is 34.2 Å². The molecule has 0 aliphatic heterocycles. The van der Waals surface area contributed by atoms with Crippen molar-refractivity contribution < 1.29 is 9.90 Å². The zero-order valence-corrected chi connectivity index (χ0v) is 13.1. The number of aromatic amines is 1. The zero-order chi connectivity index (χ0) is 15.9. The first-order valence-corrected chi connectivity index (χ1v) is 7.53. The SMILES string of the molecule is Cc1c(Sc2cc(CO)c3[nH]ncc3c2)cc(C(N)=O)n1C. The number of carbonyl (C=O) groups excluding carboxylic acids is 1. The number of nitrogens with zero attached hydrogens (tertiary/aromatic N) is 2. The number of aliphatic hydroxyl groups excluding tert-OH is 1. The third-order valence-corrected chi connectivity index (χ3v) is 4.85. The van der Waals surface area contributed by atoms with Crippen LogP contribution in [-0.4, -0.2) is 25.8 Å². The van der Waals surface area contributed by atoms with Crippen LogP contribution in [-0.2, 0) is 13.7 Å². The molecule has 0 saturated heterocycles. The second-order valence-corrected chi connectivity index (χ2v) is 6.19. The molecule has 114 valence electrons. The highest BCUT2D eigenvalue weighted by Gasteiger charge is 2.15. The van der Waals surface area contributed by atoms with Gasteiger partial charge in [0.2, 0.25) is 0 Å². The molecule has 7 heteroatoms. The highest BCUT2D eigenvalue weighted by molar-refractivity contribution is 7.99. The zero-order valence-electron chi connectivity index (χ0n) is 12.3. The van der Waals surface area contributed by atoms with E-state index in [4.69, 9.17) is 5.73 Å². The van der Waals surface area contributed by atoms with Crippen molar-refractivity contribution in [3.05, 3.63) is 41.3 Å². The second-order valence-electron chi connectivity index (χ2n) is 5.08. The first kappa shape index (κ1) is 14.7. The van der Waals surface area contributed by atoms with Crippen molar-refractivity contribution in [2.24, 2.45) is 12.8 Å². The summed E-state index contributed by atoms with van der Waals surface area (Å²) in [5.41, 5.74) is 8.46. The Balaban J connectivity index is 2.03. The number of aromatic nitrogens is 3. The fourth-order valence-corrected chi connectivity index (χ4v) is 3.52. The van der Waals surface area contributed by atoms with E-state index in [9.17, 15) is 9.90 Å². The Morgan fingerprint density at radius 2 is 2.23 bits per heavy atom. The Labute approximate surface area is 131 Å². The quantitative estimate of drug-likeness (QED) is 0.685. The number of H-pyrrole nitrogens is 1. The number of benzene rings is 1. The number of primary amides is 1. The van der Waals surface area contributed by atoms with Gasteiger partial charge in [-0.25, -0.2) is 0 Å². The minimum Gasteiger partial charge on any atom is -0.392 e. The molecule has 0 saturated carbocycles. The van der Waals surface area contributed by atoms with Gasteiger partial charge in [0, 0.05) is 33.5 Å². The number of nitrogens with two attached hydrogens (primary N) is 1. The Bertz CT molecular complexity index is 866. The molecular formula is C15H16N4O2S. The van der Waals surface area contributed by atoms with Crippen molar-refractivity contribution in [2.75, 3.05) is 0 Å². The Hall–Kier alpha value is -2.25. The van der Waals surface area contributed by atoms with Gasteiger partial charge in [-0.3, -0.25) is 9.89 Å². The maximum absolute atomic E-state index is 11.4. The minimum absolute atomic E-state index is 0.0621. The molecule has 22 heavy (non-hydrogen) atoms. The van der Waals surface area contributed by atoms with Crippen molar-refractivity contribution in [2.45, 2.75) is 23.3 Å². The maximum atomic E-state index is 11.4. The fourth-order valence-electron chi connectivity index (χ4n) is 2.42. The van der Waals surface area contributed by atoms with E-state index in [2.05, 4.69) is 10.2 Å². The van der Waals surface area contributed by atoms with E-state index in [1.54, 1.807) is 16.8 Å². The van der Waals surface area contributed by atoms with Crippen LogP contribution in [0.3, 0.4) is 0 Å². The topological polar surface area (TPSA) is 96.9 Å². The summed E-state index contributed by atoms with van der Waals surface area (Å²) in [6.07, 6.45) is 1.73. The van der Waals surface area contributed by atoms with Crippen molar-refractivity contribution in [1.82, 2.24) is 14.8 Å². The first-order valence-electron chi connectivity index (χ1n) is 6.72. The van der Waals surface area contributed by atoms with E-state index in [1.807, 2.05) is 26.1 Å². The molecular weight excluding hydrogens is 300 g/mol. The molecule has 0 atom stereocenters. The van der Waals surface area contributed by atoms with Crippen molar-refractivity contribution in [3.63, 3.8) is 0 Å². The van der Waals surface area contributed by atoms with Gasteiger partial charge in [-0.05, 0) is 25.1 Å². The Kier molecular flexibility index (Phi) is 3.67. The standard InChI is InChI=1S/C15H16N4O2S/c1-8-13(5-12(15(16)21)19(8)2)22-11-3-9-6-17-18-14(9)10(4-11)7-20/h3-6,20H,7H2,1-2H3,(H2,16,21)(H,17,18). The molecule has 1 amide bonds. The largest absolute Gasteiger partial charge is 0.392 e. The van der Waals surface area contributed by atoms with Crippen LogP contribution < -0.4 is 5.73 Å². The smallest absolute Gasteiger partial charge is 0.265 e. The van der Waals surface area contributed by atoms with Crippen LogP contribution in [0.1, 0.15) is 21.7 Å². The summed E-state index contributed by atoms with van der Waals surface area (Å²) in [4.78, 5) is 13.4. The van der Waals surface area contributed by atoms with Crippen LogP contribution in [0.4, 0.5) is 0 Å². The number of amides is 1. The molecule has 0 spiro atoms. The number of carbonyl (C=O) groups is 1. The molecule has 0 aliphatic carbocycles. The molecule has 3 rings (SSSR count). The monoisotopic (exact) mass is 316 g/mol. The average molecular weight is 316 g/mol. The van der Waals surface area contributed by atoms with Gasteiger partial charge >= 0.3 is 0 Å². The van der Waals surface area contributed by atoms with Gasteiger partial charge in [-0.2, -0.15) is 5.10 Å². The Morgan fingerprint density at radius 3 is 2.86 bits per heavy atom. The van der Waals surface area contributed by atoms with Crippen LogP contribution in [0.2, 0.25) is 0 Å². The van der Waals surface area contributed by atoms with Gasteiger partial charge in [-0.15, -0.1) is 0 Å². The van der Waals surface area contributed by atoms with Gasteiger partial charge in [0.15, 0.2) is 0 Å². The van der Waals surface area contributed by atoms with Crippen molar-refractivity contribution in [1.29, 1.82) is 0 Å². The third kappa shape index (κ3) is 2.38. The lowest BCUT2D eigenvalue weighted by molar-refractivity contribution is 0.0992. The normalized spacial score (nSPS) is 11.2. The molecule has 0 radical (unpaired) electrons. The van der Waals surface area contributed by atoms with Crippen LogP contribution in [0.25, 0.3) is 10.9 Å². The summed E-state index contributed by atoms with van der Waals surface area (Å²) in [6.45, 7) is 1.88. The molecule has 2 aromatic heterocycles. The summed E-state index contributed by atoms with van der Waals surface area (Å²) in [5, 5.41) is 17.3. The number of aliphatic hydroxyl groups is 1. The summed E-state index contributed by atoms with van der Waals surface area (Å²) >= 11 is 1.53. The number of nitrogens with one attached hydrogen (secondary N) is 1. The molecule has 2 heterocycles. The lowest BCUT2D eigenvalue weighted by atomic mass is 10.1. The van der Waals surface area contributed by atoms with E-state index < -0.39 is 5.91 Å². The van der Waals surface area contributed by atoms with Gasteiger partial charge in [-0.1, -0.05) is 11.8 Å². The second kappa shape index (κ2) is 5.51. The molecule has 1 aromatic carbocycles. The fraction of sp³-hybridized carbons (Fsp3) is 0.200. The van der Waals surface area contributed by atoms with Gasteiger partial charge < -0.3 is 15.4 Å². The van der Waals surface area contributed by atoms with Gasteiger partial charge in [0.25, 0.3) is 5.91 Å². The average Bonchev–Trinajstić information content (AvgIpc) is 3.06. The summed E-state index contributed by atoms with van der Waals surface area (Å²) in [5.74, 6) is -0.446. The highest BCUT2D eigenvalue weighted by Crippen LogP contribution is 2.34. The van der Waals surface area contributed by atoms with Crippen molar-refractivity contribution in [3.8, 4) is 0 Å². The predicted octanol–water partition coefficient (Wildman–Crippen LogP) is 1.95. The summed E-state index contributed by atoms with van der Waals surface area (Å²) in [7, 11) is 1.82. The molecule has 0 fully saturated rings. The van der Waals surface area contributed by atoms with Crippen LogP contribution in [0.5, 0.6) is 0 Å². The summed E-state index contributed by atoms with van der Waals surface area (Å²) < 4.78 is 1.79. The molecule has 3 aromatic rings. The number of hydrogen-bond donors (Lipinski definition) is 3. The highest BCUT2D eigenvalue weighted by atomic mass is 32.2. The van der Waals surface area contributed by atoms with E-state index in [1.165, 1.54) is 11.8 Å². The number of hydrogen-bond acceptors (Lipinski definition) is 4. The number of rotatable bonds is 4. The van der Waals surface area contributed by atoms with Gasteiger partial charge in [0.1, 0.15) is 5.69 Å². The van der Waals surface area contributed by atoms with E-state index in [0.717, 1.165) is 32.0 Å². The Morgan fingerprint density at radius 1 is 1.45 bits per heavy atom. The third-order valence-electron chi connectivity index (χ3n) is 3.74. The predicted molar refractivity (Wildman–Crippen MR) is 84.8 cm³/mol. The molecule has 4 N–H and O–H groups in total.